The van der Waals surface area contributed by atoms with Crippen LogP contribution in [0.4, 0.5) is 4.79 Å². The summed E-state index contributed by atoms with van der Waals surface area (Å²) in [6.07, 6.45) is 6.59. The van der Waals surface area contributed by atoms with Gasteiger partial charge in [-0.2, -0.15) is 0 Å². The van der Waals surface area contributed by atoms with Crippen molar-refractivity contribution in [2.75, 3.05) is 19.3 Å². The SMILES string of the molecule is CSc1ccc(C(=O)[C@@H]2CN(C(=O)Oc3ccccc3)C[C@H]2C2=CCCC(OC(C)(C)C(=O)O)=C2)cc1. The number of aliphatic carboxylic acids is 1. The van der Waals surface area contributed by atoms with Crippen LogP contribution in [0.15, 0.2) is 83.0 Å². The first kappa shape index (κ1) is 26.5. The van der Waals surface area contributed by atoms with Crippen LogP contribution >= 0.6 is 11.8 Å². The predicted octanol–water partition coefficient (Wildman–Crippen LogP) is 5.82. The van der Waals surface area contributed by atoms with Crippen molar-refractivity contribution < 1.29 is 29.0 Å². The second-order valence-corrected chi connectivity index (χ2v) is 10.5. The summed E-state index contributed by atoms with van der Waals surface area (Å²) >= 11 is 1.60. The molecule has 1 fully saturated rings. The zero-order valence-electron chi connectivity index (χ0n) is 21.2. The molecule has 0 bridgehead atoms. The van der Waals surface area contributed by atoms with Crippen LogP contribution in [-0.2, 0) is 9.53 Å². The first-order valence-electron chi connectivity index (χ1n) is 12.2. The van der Waals surface area contributed by atoms with Gasteiger partial charge in [0, 0.05) is 41.8 Å². The second-order valence-electron chi connectivity index (χ2n) is 9.66. The number of Topliss-reactive ketones (excluding diaryl/α,β-unsaturated/α-hetero) is 1. The third kappa shape index (κ3) is 6.25. The number of hydrogen-bond donors (Lipinski definition) is 1. The molecular weight excluding hydrogens is 490 g/mol. The number of thioether (sulfide) groups is 1. The van der Waals surface area contributed by atoms with E-state index in [0.717, 1.165) is 10.5 Å². The molecule has 1 aliphatic carbocycles. The molecule has 0 unspecified atom stereocenters. The van der Waals surface area contributed by atoms with Gasteiger partial charge in [0.15, 0.2) is 11.4 Å². The zero-order chi connectivity index (χ0) is 26.6. The van der Waals surface area contributed by atoms with E-state index in [1.54, 1.807) is 40.9 Å². The third-order valence-electron chi connectivity index (χ3n) is 6.67. The lowest BCUT2D eigenvalue weighted by Crippen LogP contribution is -2.34. The molecule has 2 aromatic rings. The molecule has 0 saturated carbocycles. The second kappa shape index (κ2) is 11.3. The summed E-state index contributed by atoms with van der Waals surface area (Å²) in [5, 5.41) is 9.47. The minimum Gasteiger partial charge on any atom is -0.480 e. The maximum Gasteiger partial charge on any atom is 0.415 e. The number of para-hydroxylation sites is 1. The number of ether oxygens (including phenoxy) is 2. The van der Waals surface area contributed by atoms with Gasteiger partial charge in [0.05, 0.1) is 5.76 Å². The van der Waals surface area contributed by atoms with Crippen LogP contribution < -0.4 is 4.74 Å². The van der Waals surface area contributed by atoms with Gasteiger partial charge in [0.2, 0.25) is 0 Å². The molecule has 2 aliphatic rings. The van der Waals surface area contributed by atoms with Crippen molar-refractivity contribution in [3.63, 3.8) is 0 Å². The first-order chi connectivity index (χ1) is 17.7. The summed E-state index contributed by atoms with van der Waals surface area (Å²) in [5.74, 6) is -0.843. The highest BCUT2D eigenvalue weighted by Crippen LogP contribution is 2.37. The molecule has 1 heterocycles. The fraction of sp³-hybridized carbons (Fsp3) is 0.345. The number of rotatable bonds is 8. The number of amides is 1. The summed E-state index contributed by atoms with van der Waals surface area (Å²) in [6.45, 7) is 3.55. The number of carbonyl (C=O) groups is 3. The topological polar surface area (TPSA) is 93.1 Å². The lowest BCUT2D eigenvalue weighted by Gasteiger charge is -2.27. The van der Waals surface area contributed by atoms with Crippen LogP contribution in [0.1, 0.15) is 37.0 Å². The molecule has 2 atom stereocenters. The summed E-state index contributed by atoms with van der Waals surface area (Å²) in [7, 11) is 0. The molecule has 194 valence electrons. The number of carboxylic acid groups (broad SMARTS) is 1. The van der Waals surface area contributed by atoms with E-state index in [1.807, 2.05) is 42.7 Å². The Morgan fingerprint density at radius 2 is 1.73 bits per heavy atom. The van der Waals surface area contributed by atoms with Crippen LogP contribution in [0.25, 0.3) is 0 Å². The normalized spacial score (nSPS) is 19.6. The van der Waals surface area contributed by atoms with Crippen molar-refractivity contribution in [2.24, 2.45) is 11.8 Å². The van der Waals surface area contributed by atoms with E-state index < -0.39 is 23.6 Å². The fourth-order valence-electron chi connectivity index (χ4n) is 4.59. The number of likely N-dealkylation sites (tertiary alicyclic amines) is 1. The molecule has 4 rings (SSSR count). The number of ketones is 1. The average molecular weight is 522 g/mol. The van der Waals surface area contributed by atoms with Crippen LogP contribution in [0.3, 0.4) is 0 Å². The molecule has 1 aliphatic heterocycles. The van der Waals surface area contributed by atoms with E-state index in [9.17, 15) is 19.5 Å². The smallest absolute Gasteiger partial charge is 0.415 e. The number of hydrogen-bond acceptors (Lipinski definition) is 6. The third-order valence-corrected chi connectivity index (χ3v) is 7.41. The van der Waals surface area contributed by atoms with Crippen molar-refractivity contribution >= 4 is 29.6 Å². The first-order valence-corrected chi connectivity index (χ1v) is 13.4. The number of carboxylic acids is 1. The highest BCUT2D eigenvalue weighted by Gasteiger charge is 2.42. The van der Waals surface area contributed by atoms with Gasteiger partial charge in [-0.1, -0.05) is 36.4 Å². The van der Waals surface area contributed by atoms with E-state index >= 15 is 0 Å². The zero-order valence-corrected chi connectivity index (χ0v) is 22.0. The van der Waals surface area contributed by atoms with Gasteiger partial charge in [-0.15, -0.1) is 11.8 Å². The van der Waals surface area contributed by atoms with Gasteiger partial charge < -0.3 is 19.5 Å². The van der Waals surface area contributed by atoms with Crippen molar-refractivity contribution in [1.29, 1.82) is 0 Å². The largest absolute Gasteiger partial charge is 0.480 e. The molecule has 8 heteroatoms. The maximum atomic E-state index is 13.7. The van der Waals surface area contributed by atoms with Gasteiger partial charge >= 0.3 is 12.1 Å². The van der Waals surface area contributed by atoms with E-state index in [4.69, 9.17) is 9.47 Å². The van der Waals surface area contributed by atoms with E-state index in [2.05, 4.69) is 6.08 Å². The Morgan fingerprint density at radius 1 is 1.03 bits per heavy atom. The Kier molecular flexibility index (Phi) is 8.07. The predicted molar refractivity (Wildman–Crippen MR) is 142 cm³/mol. The summed E-state index contributed by atoms with van der Waals surface area (Å²) in [4.78, 5) is 40.9. The van der Waals surface area contributed by atoms with Crippen LogP contribution in [-0.4, -0.2) is 52.8 Å². The molecule has 0 aromatic heterocycles. The van der Waals surface area contributed by atoms with Crippen molar-refractivity contribution in [1.82, 2.24) is 4.90 Å². The Morgan fingerprint density at radius 3 is 2.38 bits per heavy atom. The Labute approximate surface area is 221 Å². The number of nitrogens with zero attached hydrogens (tertiary/aromatic N) is 1. The average Bonchev–Trinajstić information content (AvgIpc) is 3.34. The minimum absolute atomic E-state index is 0.0409. The Hall–Kier alpha value is -3.52. The molecule has 0 spiro atoms. The van der Waals surface area contributed by atoms with Gasteiger partial charge in [-0.05, 0) is 62.4 Å². The summed E-state index contributed by atoms with van der Waals surface area (Å²) in [6, 6.07) is 16.3. The Balaban J connectivity index is 1.60. The van der Waals surface area contributed by atoms with Crippen LogP contribution in [0, 0.1) is 11.8 Å². The number of allylic oxidation sites excluding steroid dienone is 3. The van der Waals surface area contributed by atoms with Crippen molar-refractivity contribution in [3.8, 4) is 5.75 Å². The van der Waals surface area contributed by atoms with Crippen LogP contribution in [0.2, 0.25) is 0 Å². The monoisotopic (exact) mass is 521 g/mol. The molecule has 1 amide bonds. The van der Waals surface area contributed by atoms with Gasteiger partial charge in [0.1, 0.15) is 5.75 Å². The van der Waals surface area contributed by atoms with E-state index in [0.29, 0.717) is 36.5 Å². The Bertz CT molecular complexity index is 1220. The van der Waals surface area contributed by atoms with Crippen LogP contribution in [0.5, 0.6) is 5.75 Å². The molecule has 1 saturated heterocycles. The molecule has 1 N–H and O–H groups in total. The standard InChI is InChI=1S/C29H31NO6S/c1-29(2,27(32)33)36-22-11-7-8-20(16-22)24-17-30(28(34)35-21-9-5-4-6-10-21)18-25(24)26(31)19-12-14-23(37-3)15-13-19/h4-6,8-10,12-16,24-25H,7,11,17-18H2,1-3H3,(H,32,33)/t24-,25+/m0/s1. The molecule has 37 heavy (non-hydrogen) atoms. The van der Waals surface area contributed by atoms with Crippen molar-refractivity contribution in [3.05, 3.63) is 83.6 Å². The van der Waals surface area contributed by atoms with Gasteiger partial charge in [-0.25, -0.2) is 9.59 Å². The van der Waals surface area contributed by atoms with E-state index in [-0.39, 0.29) is 18.2 Å². The maximum absolute atomic E-state index is 13.7. The van der Waals surface area contributed by atoms with E-state index in [1.165, 1.54) is 13.8 Å². The molecular formula is C29H31NO6S. The molecule has 2 aromatic carbocycles. The fourth-order valence-corrected chi connectivity index (χ4v) is 5.00. The summed E-state index contributed by atoms with van der Waals surface area (Å²) < 4.78 is 11.4. The van der Waals surface area contributed by atoms with Crippen molar-refractivity contribution in [2.45, 2.75) is 37.2 Å². The lowest BCUT2D eigenvalue weighted by molar-refractivity contribution is -0.157. The minimum atomic E-state index is -1.37. The van der Waals surface area contributed by atoms with Gasteiger partial charge in [0.25, 0.3) is 0 Å². The number of benzene rings is 2. The highest BCUT2D eigenvalue weighted by molar-refractivity contribution is 7.98. The highest BCUT2D eigenvalue weighted by atomic mass is 32.2. The lowest BCUT2D eigenvalue weighted by atomic mass is 9.81. The molecule has 7 nitrogen and oxygen atoms in total. The summed E-state index contributed by atoms with van der Waals surface area (Å²) in [5.41, 5.74) is 0.0930. The molecule has 0 radical (unpaired) electrons. The van der Waals surface area contributed by atoms with Gasteiger partial charge in [-0.3, -0.25) is 4.79 Å². The number of carbonyl (C=O) groups excluding carboxylic acids is 2. The quantitative estimate of drug-likeness (QED) is 0.345.